The fourth-order valence-electron chi connectivity index (χ4n) is 0.669. The predicted molar refractivity (Wildman–Crippen MR) is 44.0 cm³/mol. The number of nitrogens with zero attached hydrogens (tertiary/aromatic N) is 1. The van der Waals surface area contributed by atoms with E-state index in [1.807, 2.05) is 11.9 Å². The maximum Gasteiger partial charge on any atom is 0.0609 e. The molecule has 64 valence electrons. The van der Waals surface area contributed by atoms with E-state index in [-0.39, 0.29) is 19.3 Å². The van der Waals surface area contributed by atoms with E-state index in [9.17, 15) is 0 Å². The normalized spacial score (nSPS) is 10.0. The van der Waals surface area contributed by atoms with Crippen LogP contribution in [-0.2, 0) is 0 Å². The Morgan fingerprint density at radius 1 is 1.36 bits per heavy atom. The minimum atomic E-state index is -0.184. The molecular formula is C8H15NO2. The van der Waals surface area contributed by atoms with Crippen LogP contribution in [0.4, 0.5) is 0 Å². The van der Waals surface area contributed by atoms with Crippen molar-refractivity contribution >= 4 is 0 Å². The highest BCUT2D eigenvalue weighted by Crippen LogP contribution is 1.92. The molecule has 0 aromatic carbocycles. The van der Waals surface area contributed by atoms with E-state index < -0.39 is 0 Å². The summed E-state index contributed by atoms with van der Waals surface area (Å²) in [4.78, 5) is 1.82. The Bertz CT molecular complexity index is 144. The average Bonchev–Trinajstić information content (AvgIpc) is 2.03. The molecule has 0 fully saturated rings. The summed E-state index contributed by atoms with van der Waals surface area (Å²) in [6.07, 6.45) is 0. The van der Waals surface area contributed by atoms with Crippen molar-refractivity contribution in [2.24, 2.45) is 0 Å². The van der Waals surface area contributed by atoms with Crippen molar-refractivity contribution in [3.8, 4) is 11.8 Å². The molecule has 0 aliphatic carbocycles. The zero-order valence-electron chi connectivity index (χ0n) is 7.04. The maximum atomic E-state index is 8.75. The summed E-state index contributed by atoms with van der Waals surface area (Å²) in [6.45, 7) is 2.29. The predicted octanol–water partition coefficient (Wildman–Crippen LogP) is -0.705. The van der Waals surface area contributed by atoms with Crippen molar-refractivity contribution in [1.29, 1.82) is 0 Å². The van der Waals surface area contributed by atoms with E-state index in [0.717, 1.165) is 0 Å². The highest BCUT2D eigenvalue weighted by Gasteiger charge is 2.09. The fourth-order valence-corrected chi connectivity index (χ4v) is 0.669. The van der Waals surface area contributed by atoms with Gasteiger partial charge in [0.1, 0.15) is 0 Å². The number of aliphatic hydroxyl groups is 2. The summed E-state index contributed by atoms with van der Waals surface area (Å²) in [5.41, 5.74) is 0. The largest absolute Gasteiger partial charge is 0.395 e. The second-order valence-corrected chi connectivity index (χ2v) is 2.36. The molecule has 3 nitrogen and oxygen atoms in total. The van der Waals surface area contributed by atoms with Crippen LogP contribution in [-0.4, -0.2) is 48.0 Å². The molecule has 0 rings (SSSR count). The summed E-state index contributed by atoms with van der Waals surface area (Å²) in [7, 11) is 1.82. The van der Waals surface area contributed by atoms with E-state index in [1.54, 1.807) is 6.92 Å². The minimum Gasteiger partial charge on any atom is -0.395 e. The van der Waals surface area contributed by atoms with Gasteiger partial charge in [-0.2, -0.15) is 0 Å². The van der Waals surface area contributed by atoms with Crippen LogP contribution in [0.15, 0.2) is 0 Å². The first-order valence-electron chi connectivity index (χ1n) is 3.57. The monoisotopic (exact) mass is 157 g/mol. The number of rotatable bonds is 4. The molecule has 0 bridgehead atoms. The SMILES string of the molecule is CC#CCN(C)C(CO)CO. The highest BCUT2D eigenvalue weighted by atomic mass is 16.3. The zero-order chi connectivity index (χ0) is 8.69. The number of likely N-dealkylation sites (N-methyl/N-ethyl adjacent to an activating group) is 1. The lowest BCUT2D eigenvalue weighted by atomic mass is 10.3. The second-order valence-electron chi connectivity index (χ2n) is 2.36. The van der Waals surface area contributed by atoms with Crippen LogP contribution in [0.25, 0.3) is 0 Å². The van der Waals surface area contributed by atoms with Gasteiger partial charge in [-0.25, -0.2) is 0 Å². The lowest BCUT2D eigenvalue weighted by Gasteiger charge is -2.21. The molecule has 11 heavy (non-hydrogen) atoms. The van der Waals surface area contributed by atoms with Crippen molar-refractivity contribution < 1.29 is 10.2 Å². The Morgan fingerprint density at radius 2 is 1.91 bits per heavy atom. The lowest BCUT2D eigenvalue weighted by Crippen LogP contribution is -2.37. The third kappa shape index (κ3) is 3.99. The van der Waals surface area contributed by atoms with Crippen molar-refractivity contribution in [1.82, 2.24) is 4.90 Å². The first kappa shape index (κ1) is 10.4. The van der Waals surface area contributed by atoms with Gasteiger partial charge in [0.05, 0.1) is 25.8 Å². The molecule has 0 unspecified atom stereocenters. The van der Waals surface area contributed by atoms with Crippen LogP contribution in [0.2, 0.25) is 0 Å². The van der Waals surface area contributed by atoms with E-state index in [2.05, 4.69) is 11.8 Å². The first-order chi connectivity index (χ1) is 5.26. The average molecular weight is 157 g/mol. The Kier molecular flexibility index (Phi) is 5.86. The van der Waals surface area contributed by atoms with Crippen molar-refractivity contribution in [3.63, 3.8) is 0 Å². The van der Waals surface area contributed by atoms with Crippen molar-refractivity contribution in [2.45, 2.75) is 13.0 Å². The smallest absolute Gasteiger partial charge is 0.0609 e. The first-order valence-corrected chi connectivity index (χ1v) is 3.57. The summed E-state index contributed by atoms with van der Waals surface area (Å²) in [5.74, 6) is 5.60. The molecule has 0 atom stereocenters. The molecule has 0 spiro atoms. The van der Waals surface area contributed by atoms with Crippen molar-refractivity contribution in [2.75, 3.05) is 26.8 Å². The molecule has 0 aromatic rings. The van der Waals surface area contributed by atoms with Gasteiger partial charge in [-0.05, 0) is 14.0 Å². The zero-order valence-corrected chi connectivity index (χ0v) is 7.04. The maximum absolute atomic E-state index is 8.75. The van der Waals surface area contributed by atoms with Crippen LogP contribution in [0.1, 0.15) is 6.92 Å². The summed E-state index contributed by atoms with van der Waals surface area (Å²) >= 11 is 0. The van der Waals surface area contributed by atoms with Gasteiger partial charge in [0.15, 0.2) is 0 Å². The van der Waals surface area contributed by atoms with E-state index >= 15 is 0 Å². The second kappa shape index (κ2) is 6.17. The van der Waals surface area contributed by atoms with Crippen LogP contribution in [0, 0.1) is 11.8 Å². The quantitative estimate of drug-likeness (QED) is 0.530. The molecule has 2 N–H and O–H groups in total. The molecule has 0 aromatic heterocycles. The number of aliphatic hydroxyl groups excluding tert-OH is 2. The van der Waals surface area contributed by atoms with Gasteiger partial charge >= 0.3 is 0 Å². The third-order valence-electron chi connectivity index (χ3n) is 1.55. The molecule has 0 amide bonds. The molecule has 0 saturated heterocycles. The number of hydrogen-bond donors (Lipinski definition) is 2. The molecule has 0 saturated carbocycles. The molecule has 0 aliphatic heterocycles. The minimum absolute atomic E-state index is 0.0294. The van der Waals surface area contributed by atoms with Crippen molar-refractivity contribution in [3.05, 3.63) is 0 Å². The van der Waals surface area contributed by atoms with Crippen LogP contribution in [0.5, 0.6) is 0 Å². The summed E-state index contributed by atoms with van der Waals surface area (Å²) in [5, 5.41) is 17.5. The van der Waals surface area contributed by atoms with Gasteiger partial charge in [0, 0.05) is 0 Å². The third-order valence-corrected chi connectivity index (χ3v) is 1.55. The lowest BCUT2D eigenvalue weighted by molar-refractivity contribution is 0.100. The Morgan fingerprint density at radius 3 is 2.27 bits per heavy atom. The van der Waals surface area contributed by atoms with Gasteiger partial charge in [0.25, 0.3) is 0 Å². The fraction of sp³-hybridized carbons (Fsp3) is 0.750. The summed E-state index contributed by atoms with van der Waals surface area (Å²) in [6, 6.07) is -0.184. The summed E-state index contributed by atoms with van der Waals surface area (Å²) < 4.78 is 0. The molecule has 0 aliphatic rings. The number of hydrogen-bond acceptors (Lipinski definition) is 3. The van der Waals surface area contributed by atoms with E-state index in [0.29, 0.717) is 6.54 Å². The van der Waals surface area contributed by atoms with E-state index in [4.69, 9.17) is 10.2 Å². The topological polar surface area (TPSA) is 43.7 Å². The Labute approximate surface area is 67.6 Å². The van der Waals surface area contributed by atoms with Crippen LogP contribution >= 0.6 is 0 Å². The highest BCUT2D eigenvalue weighted by molar-refractivity contribution is 4.98. The van der Waals surface area contributed by atoms with E-state index in [1.165, 1.54) is 0 Å². The van der Waals surface area contributed by atoms with Gasteiger partial charge in [-0.3, -0.25) is 4.90 Å². The molecule has 3 heteroatoms. The van der Waals surface area contributed by atoms with Gasteiger partial charge in [-0.15, -0.1) is 5.92 Å². The van der Waals surface area contributed by atoms with Gasteiger partial charge < -0.3 is 10.2 Å². The molecule has 0 heterocycles. The van der Waals surface area contributed by atoms with Crippen LogP contribution < -0.4 is 0 Å². The van der Waals surface area contributed by atoms with Crippen LogP contribution in [0.3, 0.4) is 0 Å². The Balaban J connectivity index is 3.74. The standard InChI is InChI=1S/C8H15NO2/c1-3-4-5-9(2)8(6-10)7-11/h8,10-11H,5-7H2,1-2H3. The molecule has 0 radical (unpaired) electrons. The van der Waals surface area contributed by atoms with Gasteiger partial charge in [-0.1, -0.05) is 5.92 Å². The van der Waals surface area contributed by atoms with Gasteiger partial charge in [0.2, 0.25) is 0 Å². The Hall–Kier alpha value is -0.560. The molecular weight excluding hydrogens is 142 g/mol.